The number of amides is 2. The maximum atomic E-state index is 12.3. The SMILES string of the molecule is O=C(NCc1ccco1)N1CCC[C@H](OCc2nc(C3CC3)no2)C1. The molecule has 25 heavy (non-hydrogen) atoms. The van der Waals surface area contributed by atoms with E-state index in [1.807, 2.05) is 6.07 Å². The Labute approximate surface area is 145 Å². The van der Waals surface area contributed by atoms with Gasteiger partial charge in [0.15, 0.2) is 5.82 Å². The van der Waals surface area contributed by atoms with Gasteiger partial charge in [0.05, 0.1) is 18.9 Å². The Morgan fingerprint density at radius 3 is 3.12 bits per heavy atom. The summed E-state index contributed by atoms with van der Waals surface area (Å²) in [5.74, 6) is 2.52. The fourth-order valence-corrected chi connectivity index (χ4v) is 2.97. The highest BCUT2D eigenvalue weighted by molar-refractivity contribution is 5.74. The molecule has 2 aliphatic rings. The van der Waals surface area contributed by atoms with Gasteiger partial charge in [0.25, 0.3) is 5.89 Å². The zero-order chi connectivity index (χ0) is 17.1. The molecule has 8 heteroatoms. The number of ether oxygens (including phenoxy) is 1. The Bertz CT molecular complexity index is 695. The third-order valence-electron chi connectivity index (χ3n) is 4.53. The first-order valence-corrected chi connectivity index (χ1v) is 8.77. The highest BCUT2D eigenvalue weighted by Crippen LogP contribution is 2.38. The number of piperidine rings is 1. The number of furan rings is 1. The Balaban J connectivity index is 1.23. The number of hydrogen-bond donors (Lipinski definition) is 1. The van der Waals surface area contributed by atoms with Crippen LogP contribution in [0.2, 0.25) is 0 Å². The summed E-state index contributed by atoms with van der Waals surface area (Å²) in [4.78, 5) is 18.4. The Kier molecular flexibility index (Phi) is 4.69. The number of carbonyl (C=O) groups excluding carboxylic acids is 1. The van der Waals surface area contributed by atoms with Crippen LogP contribution in [0.4, 0.5) is 4.79 Å². The molecule has 3 heterocycles. The normalized spacial score (nSPS) is 20.6. The zero-order valence-electron chi connectivity index (χ0n) is 14.0. The topological polar surface area (TPSA) is 93.6 Å². The summed E-state index contributed by atoms with van der Waals surface area (Å²) in [5.41, 5.74) is 0. The smallest absolute Gasteiger partial charge is 0.317 e. The van der Waals surface area contributed by atoms with E-state index in [1.54, 1.807) is 17.2 Å². The van der Waals surface area contributed by atoms with Crippen LogP contribution in [0, 0.1) is 0 Å². The van der Waals surface area contributed by atoms with Crippen molar-refractivity contribution in [3.63, 3.8) is 0 Å². The molecule has 0 bridgehead atoms. The molecular weight excluding hydrogens is 324 g/mol. The van der Waals surface area contributed by atoms with E-state index in [0.29, 0.717) is 31.5 Å². The van der Waals surface area contributed by atoms with Crippen molar-refractivity contribution >= 4 is 6.03 Å². The molecule has 2 amide bonds. The molecule has 134 valence electrons. The first-order valence-electron chi connectivity index (χ1n) is 8.77. The van der Waals surface area contributed by atoms with Crippen molar-refractivity contribution in [2.24, 2.45) is 0 Å². The first-order chi connectivity index (χ1) is 12.3. The fraction of sp³-hybridized carbons (Fsp3) is 0.588. The Hall–Kier alpha value is -2.35. The van der Waals surface area contributed by atoms with Crippen molar-refractivity contribution in [1.29, 1.82) is 0 Å². The Morgan fingerprint density at radius 1 is 1.40 bits per heavy atom. The van der Waals surface area contributed by atoms with Gasteiger partial charge in [-0.3, -0.25) is 0 Å². The van der Waals surface area contributed by atoms with Gasteiger partial charge in [-0.05, 0) is 37.8 Å². The van der Waals surface area contributed by atoms with Gasteiger partial charge in [-0.15, -0.1) is 0 Å². The van der Waals surface area contributed by atoms with E-state index < -0.39 is 0 Å². The van der Waals surface area contributed by atoms with Gasteiger partial charge in [0.1, 0.15) is 12.4 Å². The van der Waals surface area contributed by atoms with Gasteiger partial charge in [-0.2, -0.15) is 4.98 Å². The molecule has 0 unspecified atom stereocenters. The van der Waals surface area contributed by atoms with E-state index in [9.17, 15) is 4.79 Å². The van der Waals surface area contributed by atoms with Gasteiger partial charge >= 0.3 is 6.03 Å². The third kappa shape index (κ3) is 4.19. The van der Waals surface area contributed by atoms with Gasteiger partial charge in [-0.25, -0.2) is 4.79 Å². The van der Waals surface area contributed by atoms with Crippen LogP contribution < -0.4 is 5.32 Å². The molecule has 1 atom stereocenters. The second kappa shape index (κ2) is 7.26. The molecule has 4 rings (SSSR count). The van der Waals surface area contributed by atoms with Crippen LogP contribution in [0.3, 0.4) is 0 Å². The molecule has 8 nitrogen and oxygen atoms in total. The number of rotatable bonds is 6. The highest BCUT2D eigenvalue weighted by atomic mass is 16.5. The molecule has 0 spiro atoms. The van der Waals surface area contributed by atoms with Crippen LogP contribution in [-0.4, -0.2) is 40.3 Å². The van der Waals surface area contributed by atoms with Crippen LogP contribution in [0.15, 0.2) is 27.3 Å². The summed E-state index contributed by atoms with van der Waals surface area (Å²) in [5, 5.41) is 6.85. The standard InChI is InChI=1S/C17H22N4O4/c22-17(18-9-13-4-2-8-23-13)21-7-1-3-14(10-21)24-11-15-19-16(20-25-15)12-5-6-12/h2,4,8,12,14H,1,3,5-7,9-11H2,(H,18,22)/t14-/m0/s1. The average molecular weight is 346 g/mol. The minimum atomic E-state index is -0.0986. The highest BCUT2D eigenvalue weighted by Gasteiger charge is 2.29. The van der Waals surface area contributed by atoms with E-state index in [4.69, 9.17) is 13.7 Å². The number of nitrogens with zero attached hydrogens (tertiary/aromatic N) is 3. The van der Waals surface area contributed by atoms with E-state index in [2.05, 4.69) is 15.5 Å². The molecule has 2 fully saturated rings. The van der Waals surface area contributed by atoms with Crippen molar-refractivity contribution in [3.8, 4) is 0 Å². The number of nitrogens with one attached hydrogen (secondary N) is 1. The molecule has 1 saturated heterocycles. The predicted octanol–water partition coefficient (Wildman–Crippen LogP) is 2.43. The lowest BCUT2D eigenvalue weighted by Crippen LogP contribution is -2.47. The quantitative estimate of drug-likeness (QED) is 0.863. The molecule has 1 saturated carbocycles. The summed E-state index contributed by atoms with van der Waals surface area (Å²) in [6, 6.07) is 3.54. The second-order valence-electron chi connectivity index (χ2n) is 6.58. The van der Waals surface area contributed by atoms with Crippen LogP contribution in [0.1, 0.15) is 49.1 Å². The van der Waals surface area contributed by atoms with Crippen LogP contribution in [0.25, 0.3) is 0 Å². The summed E-state index contributed by atoms with van der Waals surface area (Å²) in [6.45, 7) is 1.98. The lowest BCUT2D eigenvalue weighted by Gasteiger charge is -2.32. The summed E-state index contributed by atoms with van der Waals surface area (Å²) in [6.07, 6.45) is 5.70. The lowest BCUT2D eigenvalue weighted by molar-refractivity contribution is -0.0104. The van der Waals surface area contributed by atoms with E-state index in [1.165, 1.54) is 0 Å². The summed E-state index contributed by atoms with van der Waals surface area (Å²) >= 11 is 0. The lowest BCUT2D eigenvalue weighted by atomic mass is 10.1. The van der Waals surface area contributed by atoms with Crippen molar-refractivity contribution in [2.75, 3.05) is 13.1 Å². The number of likely N-dealkylation sites (tertiary alicyclic amines) is 1. The van der Waals surface area contributed by atoms with Crippen molar-refractivity contribution in [1.82, 2.24) is 20.4 Å². The van der Waals surface area contributed by atoms with Crippen LogP contribution >= 0.6 is 0 Å². The van der Waals surface area contributed by atoms with Crippen LogP contribution in [0.5, 0.6) is 0 Å². The van der Waals surface area contributed by atoms with Crippen molar-refractivity contribution in [3.05, 3.63) is 35.9 Å². The predicted molar refractivity (Wildman–Crippen MR) is 86.6 cm³/mol. The minimum Gasteiger partial charge on any atom is -0.467 e. The molecule has 2 aromatic heterocycles. The summed E-state index contributed by atoms with van der Waals surface area (Å²) < 4.78 is 16.3. The minimum absolute atomic E-state index is 0.0145. The largest absolute Gasteiger partial charge is 0.467 e. The van der Waals surface area contributed by atoms with E-state index in [-0.39, 0.29) is 12.1 Å². The van der Waals surface area contributed by atoms with Gasteiger partial charge in [0.2, 0.25) is 0 Å². The van der Waals surface area contributed by atoms with Gasteiger partial charge < -0.3 is 23.9 Å². The molecule has 1 N–H and O–H groups in total. The number of urea groups is 1. The molecule has 2 aromatic rings. The number of hydrogen-bond acceptors (Lipinski definition) is 6. The zero-order valence-corrected chi connectivity index (χ0v) is 14.0. The van der Waals surface area contributed by atoms with Gasteiger partial charge in [0, 0.05) is 19.0 Å². The average Bonchev–Trinajstić information content (AvgIpc) is 3.16. The molecule has 0 aromatic carbocycles. The number of aromatic nitrogens is 2. The maximum absolute atomic E-state index is 12.3. The molecule has 1 aliphatic heterocycles. The second-order valence-corrected chi connectivity index (χ2v) is 6.58. The molecular formula is C17H22N4O4. The van der Waals surface area contributed by atoms with E-state index in [0.717, 1.165) is 43.8 Å². The van der Waals surface area contributed by atoms with Crippen molar-refractivity contribution < 1.29 is 18.5 Å². The summed E-state index contributed by atoms with van der Waals surface area (Å²) in [7, 11) is 0. The van der Waals surface area contributed by atoms with Crippen molar-refractivity contribution in [2.45, 2.75) is 50.9 Å². The monoisotopic (exact) mass is 346 g/mol. The fourth-order valence-electron chi connectivity index (χ4n) is 2.97. The first kappa shape index (κ1) is 16.1. The number of carbonyl (C=O) groups is 1. The third-order valence-corrected chi connectivity index (χ3v) is 4.53. The Morgan fingerprint density at radius 2 is 2.32 bits per heavy atom. The molecule has 1 aliphatic carbocycles. The van der Waals surface area contributed by atoms with E-state index >= 15 is 0 Å². The maximum Gasteiger partial charge on any atom is 0.317 e. The van der Waals surface area contributed by atoms with Gasteiger partial charge in [-0.1, -0.05) is 5.16 Å². The molecule has 0 radical (unpaired) electrons. The van der Waals surface area contributed by atoms with Crippen LogP contribution in [-0.2, 0) is 17.9 Å².